The number of halogens is 2. The third-order valence-corrected chi connectivity index (χ3v) is 8.06. The number of carboxylic acids is 1. The van der Waals surface area contributed by atoms with E-state index < -0.39 is 41.9 Å². The van der Waals surface area contributed by atoms with Gasteiger partial charge in [0.2, 0.25) is 5.91 Å². The second-order valence-electron chi connectivity index (χ2n) is 11.8. The number of carbonyl (C=O) groups excluding carboxylic acids is 3. The number of nitrogens with zero attached hydrogens (tertiary/aromatic N) is 3. The van der Waals surface area contributed by atoms with Crippen molar-refractivity contribution in [3.8, 4) is 5.75 Å². The van der Waals surface area contributed by atoms with Gasteiger partial charge in [-0.15, -0.1) is 0 Å². The van der Waals surface area contributed by atoms with Crippen LogP contribution in [0.4, 0.5) is 4.79 Å². The van der Waals surface area contributed by atoms with E-state index in [0.717, 1.165) is 15.6 Å². The first-order chi connectivity index (χ1) is 21.3. The highest BCUT2D eigenvalue weighted by Crippen LogP contribution is 2.46. The molecule has 234 valence electrons. The van der Waals surface area contributed by atoms with Crippen molar-refractivity contribution in [3.63, 3.8) is 0 Å². The number of amides is 3. The van der Waals surface area contributed by atoms with E-state index in [1.54, 1.807) is 23.1 Å². The SMILES string of the molecule is CC(C)(C)Oc1cc(C(=O)CC(=O)O)ccc1C1=NC(c2ccc(Cl)cc2)C(c2ccc(Br)cc2)N1C(=O)N1CCNC(=O)C1. The van der Waals surface area contributed by atoms with Gasteiger partial charge < -0.3 is 20.1 Å². The number of carboxylic acid groups (broad SMARTS) is 1. The maximum absolute atomic E-state index is 14.5. The van der Waals surface area contributed by atoms with Crippen molar-refractivity contribution in [2.75, 3.05) is 19.6 Å². The highest BCUT2D eigenvalue weighted by molar-refractivity contribution is 9.10. The van der Waals surface area contributed by atoms with Crippen molar-refractivity contribution in [1.29, 1.82) is 0 Å². The Bertz CT molecular complexity index is 1670. The molecule has 12 heteroatoms. The summed E-state index contributed by atoms with van der Waals surface area (Å²) in [7, 11) is 0. The summed E-state index contributed by atoms with van der Waals surface area (Å²) in [5.74, 6) is -1.54. The molecule has 1 saturated heterocycles. The Morgan fingerprint density at radius 1 is 1.04 bits per heavy atom. The lowest BCUT2D eigenvalue weighted by Gasteiger charge is -2.36. The molecule has 5 rings (SSSR count). The van der Waals surface area contributed by atoms with E-state index in [1.165, 1.54) is 17.0 Å². The molecule has 0 spiro atoms. The molecule has 3 aromatic carbocycles. The van der Waals surface area contributed by atoms with Crippen molar-refractivity contribution >= 4 is 57.1 Å². The van der Waals surface area contributed by atoms with Gasteiger partial charge in [0.05, 0.1) is 11.6 Å². The van der Waals surface area contributed by atoms with Crippen LogP contribution in [0.15, 0.2) is 76.2 Å². The molecule has 45 heavy (non-hydrogen) atoms. The molecule has 0 radical (unpaired) electrons. The highest BCUT2D eigenvalue weighted by Gasteiger charge is 2.45. The zero-order valence-corrected chi connectivity index (χ0v) is 27.3. The number of piperazine rings is 1. The molecule has 2 aliphatic rings. The number of ketones is 1. The monoisotopic (exact) mass is 694 g/mol. The van der Waals surface area contributed by atoms with E-state index in [2.05, 4.69) is 21.2 Å². The summed E-state index contributed by atoms with van der Waals surface area (Å²) in [6.07, 6.45) is -0.679. The minimum absolute atomic E-state index is 0.116. The third-order valence-electron chi connectivity index (χ3n) is 7.28. The van der Waals surface area contributed by atoms with Gasteiger partial charge in [0, 0.05) is 28.1 Å². The lowest BCUT2D eigenvalue weighted by Crippen LogP contribution is -2.55. The largest absolute Gasteiger partial charge is 0.487 e. The molecule has 0 aromatic heterocycles. The second kappa shape index (κ2) is 13.0. The molecule has 10 nitrogen and oxygen atoms in total. The van der Waals surface area contributed by atoms with Gasteiger partial charge in [-0.2, -0.15) is 0 Å². The van der Waals surface area contributed by atoms with Crippen LogP contribution >= 0.6 is 27.5 Å². The molecule has 0 saturated carbocycles. The maximum atomic E-state index is 14.5. The summed E-state index contributed by atoms with van der Waals surface area (Å²) in [5.41, 5.74) is 1.48. The molecule has 3 aromatic rings. The van der Waals surface area contributed by atoms with Gasteiger partial charge >= 0.3 is 12.0 Å². The fraction of sp³-hybridized carbons (Fsp3) is 0.303. The van der Waals surface area contributed by atoms with Gasteiger partial charge in [0.1, 0.15) is 36.2 Å². The Kier molecular flexibility index (Phi) is 9.31. The number of carbonyl (C=O) groups is 4. The molecular weight excluding hydrogens is 664 g/mol. The van der Waals surface area contributed by atoms with E-state index in [-0.39, 0.29) is 29.6 Å². The van der Waals surface area contributed by atoms with Crippen molar-refractivity contribution in [1.82, 2.24) is 15.1 Å². The summed E-state index contributed by atoms with van der Waals surface area (Å²) in [4.78, 5) is 59.1. The van der Waals surface area contributed by atoms with E-state index in [4.69, 9.17) is 21.3 Å². The number of aliphatic carboxylic acids is 1. The number of nitrogens with one attached hydrogen (secondary N) is 1. The van der Waals surface area contributed by atoms with E-state index in [0.29, 0.717) is 23.7 Å². The smallest absolute Gasteiger partial charge is 0.326 e. The van der Waals surface area contributed by atoms with Gasteiger partial charge in [0.15, 0.2) is 5.78 Å². The lowest BCUT2D eigenvalue weighted by atomic mass is 9.93. The summed E-state index contributed by atoms with van der Waals surface area (Å²) >= 11 is 9.73. The average Bonchev–Trinajstić information content (AvgIpc) is 3.36. The van der Waals surface area contributed by atoms with Crippen molar-refractivity contribution in [2.45, 2.75) is 44.9 Å². The Morgan fingerprint density at radius 3 is 2.33 bits per heavy atom. The molecule has 2 N–H and O–H groups in total. The number of Topliss-reactive ketones (excluding diaryl/α,β-unsaturated/α-hetero) is 1. The Labute approximate surface area is 274 Å². The molecule has 1 fully saturated rings. The number of hydrogen-bond acceptors (Lipinski definition) is 6. The zero-order chi connectivity index (χ0) is 32.5. The van der Waals surface area contributed by atoms with Gasteiger partial charge in [-0.25, -0.2) is 4.79 Å². The summed E-state index contributed by atoms with van der Waals surface area (Å²) in [6, 6.07) is 17.9. The molecule has 3 amide bonds. The molecular formula is C33H32BrClN4O6. The standard InChI is InChI=1S/C33H32BrClN4O6/c1-33(2,3)45-26-16-21(25(40)17-28(42)43)8-13-24(26)31-37-29(19-6-11-23(35)12-7-19)30(20-4-9-22(34)10-5-20)39(31)32(44)38-15-14-36-27(41)18-38/h4-13,16,29-30H,14-15,17-18H2,1-3H3,(H,36,41)(H,42,43). The predicted molar refractivity (Wildman–Crippen MR) is 173 cm³/mol. The first-order valence-corrected chi connectivity index (χ1v) is 15.5. The molecule has 2 aliphatic heterocycles. The van der Waals surface area contributed by atoms with Gasteiger partial charge in [-0.1, -0.05) is 57.9 Å². The number of urea groups is 1. The van der Waals surface area contributed by atoms with Crippen LogP contribution in [-0.2, 0) is 9.59 Å². The topological polar surface area (TPSA) is 129 Å². The van der Waals surface area contributed by atoms with Gasteiger partial charge in [0.25, 0.3) is 0 Å². The van der Waals surface area contributed by atoms with E-state index in [1.807, 2.05) is 57.2 Å². The normalized spacial score (nSPS) is 18.3. The molecule has 2 atom stereocenters. The maximum Gasteiger partial charge on any atom is 0.326 e. The summed E-state index contributed by atoms with van der Waals surface area (Å²) in [5, 5.41) is 12.5. The number of ether oxygens (including phenoxy) is 1. The van der Waals surface area contributed by atoms with Crippen LogP contribution in [0.2, 0.25) is 5.02 Å². The van der Waals surface area contributed by atoms with Crippen LogP contribution < -0.4 is 10.1 Å². The van der Waals surface area contributed by atoms with Crippen LogP contribution in [0.25, 0.3) is 0 Å². The van der Waals surface area contributed by atoms with Crippen molar-refractivity contribution in [2.24, 2.45) is 4.99 Å². The van der Waals surface area contributed by atoms with E-state index >= 15 is 0 Å². The molecule has 0 aliphatic carbocycles. The number of hydrogen-bond donors (Lipinski definition) is 2. The molecule has 2 unspecified atom stereocenters. The number of amidine groups is 1. The summed E-state index contributed by atoms with van der Waals surface area (Å²) in [6.45, 7) is 6.03. The van der Waals surface area contributed by atoms with Crippen LogP contribution in [-0.4, -0.2) is 69.7 Å². The van der Waals surface area contributed by atoms with Crippen LogP contribution in [0.5, 0.6) is 5.75 Å². The highest BCUT2D eigenvalue weighted by atomic mass is 79.9. The predicted octanol–water partition coefficient (Wildman–Crippen LogP) is 6.03. The Morgan fingerprint density at radius 2 is 1.71 bits per heavy atom. The third kappa shape index (κ3) is 7.37. The lowest BCUT2D eigenvalue weighted by molar-refractivity contribution is -0.136. The number of rotatable bonds is 7. The number of aliphatic imine (C=N–C) groups is 1. The van der Waals surface area contributed by atoms with Gasteiger partial charge in [-0.05, 0) is 68.3 Å². The Hall–Kier alpha value is -4.22. The van der Waals surface area contributed by atoms with Crippen LogP contribution in [0.3, 0.4) is 0 Å². The fourth-order valence-electron chi connectivity index (χ4n) is 5.34. The van der Waals surface area contributed by atoms with Crippen LogP contribution in [0, 0.1) is 0 Å². The second-order valence-corrected chi connectivity index (χ2v) is 13.1. The van der Waals surface area contributed by atoms with Crippen molar-refractivity contribution in [3.05, 3.63) is 98.5 Å². The van der Waals surface area contributed by atoms with E-state index in [9.17, 15) is 24.3 Å². The first kappa shape index (κ1) is 32.2. The minimum Gasteiger partial charge on any atom is -0.487 e. The fourth-order valence-corrected chi connectivity index (χ4v) is 5.73. The molecule has 2 heterocycles. The molecule has 0 bridgehead atoms. The quantitative estimate of drug-likeness (QED) is 0.229. The van der Waals surface area contributed by atoms with Crippen molar-refractivity contribution < 1.29 is 29.0 Å². The first-order valence-electron chi connectivity index (χ1n) is 14.3. The minimum atomic E-state index is -1.24. The Balaban J connectivity index is 1.72. The van der Waals surface area contributed by atoms with Crippen LogP contribution in [0.1, 0.15) is 66.3 Å². The average molecular weight is 696 g/mol. The van der Waals surface area contributed by atoms with Gasteiger partial charge in [-0.3, -0.25) is 24.3 Å². The summed E-state index contributed by atoms with van der Waals surface area (Å²) < 4.78 is 7.19. The zero-order valence-electron chi connectivity index (χ0n) is 24.9. The number of benzene rings is 3.